The van der Waals surface area contributed by atoms with Crippen molar-refractivity contribution in [1.29, 1.82) is 0 Å². The molecule has 0 aromatic heterocycles. The van der Waals surface area contributed by atoms with Crippen molar-refractivity contribution in [1.82, 2.24) is 15.5 Å². The second-order valence-corrected chi connectivity index (χ2v) is 8.04. The smallest absolute Gasteiger partial charge is 0.309 e. The zero-order valence-corrected chi connectivity index (χ0v) is 17.3. The van der Waals surface area contributed by atoms with Crippen LogP contribution in [0.5, 0.6) is 0 Å². The van der Waals surface area contributed by atoms with E-state index in [4.69, 9.17) is 0 Å². The molecule has 0 unspecified atom stereocenters. The van der Waals surface area contributed by atoms with E-state index in [2.05, 4.69) is 16.7 Å². The molecule has 30 heavy (non-hydrogen) atoms. The Morgan fingerprint density at radius 1 is 1.03 bits per heavy atom. The number of halogens is 1. The standard InChI is InChI=1S/C23H30FN3O3/c24-20-9-5-4-8-19(20)23(30)27-14-11-18(12-15-27)16-26-22(29)21(28)25-13-10-17-6-2-1-3-7-17/h4-6,8-9,18H,1-3,7,10-16H2,(H,25,28)(H,26,29). The molecule has 1 aromatic rings. The molecule has 1 aromatic carbocycles. The van der Waals surface area contributed by atoms with Gasteiger partial charge in [-0.3, -0.25) is 14.4 Å². The van der Waals surface area contributed by atoms with Crippen LogP contribution in [0.4, 0.5) is 4.39 Å². The molecular weight excluding hydrogens is 385 g/mol. The van der Waals surface area contributed by atoms with E-state index in [-0.39, 0.29) is 17.4 Å². The van der Waals surface area contributed by atoms with Gasteiger partial charge in [0.05, 0.1) is 5.56 Å². The summed E-state index contributed by atoms with van der Waals surface area (Å²) in [7, 11) is 0. The van der Waals surface area contributed by atoms with E-state index in [0.717, 1.165) is 19.3 Å². The molecule has 162 valence electrons. The minimum absolute atomic E-state index is 0.0879. The second kappa shape index (κ2) is 10.9. The number of rotatable bonds is 6. The first kappa shape index (κ1) is 22.0. The number of likely N-dealkylation sites (tertiary alicyclic amines) is 1. The summed E-state index contributed by atoms with van der Waals surface area (Å²) in [5.41, 5.74) is 1.45. The molecule has 0 bridgehead atoms. The SMILES string of the molecule is O=C(NCCC1=CCCCC1)C(=O)NCC1CCN(C(=O)c2ccccc2F)CC1. The van der Waals surface area contributed by atoms with Crippen LogP contribution in [0.15, 0.2) is 35.9 Å². The first-order valence-corrected chi connectivity index (χ1v) is 10.8. The van der Waals surface area contributed by atoms with Crippen molar-refractivity contribution >= 4 is 17.7 Å². The predicted octanol–water partition coefficient (Wildman–Crippen LogP) is 2.80. The highest BCUT2D eigenvalue weighted by Crippen LogP contribution is 2.20. The third kappa shape index (κ3) is 6.15. The van der Waals surface area contributed by atoms with Crippen LogP contribution in [0.3, 0.4) is 0 Å². The zero-order chi connectivity index (χ0) is 21.3. The lowest BCUT2D eigenvalue weighted by atomic mass is 9.96. The van der Waals surface area contributed by atoms with Gasteiger partial charge < -0.3 is 15.5 Å². The van der Waals surface area contributed by atoms with Crippen LogP contribution < -0.4 is 10.6 Å². The van der Waals surface area contributed by atoms with Crippen LogP contribution in [-0.2, 0) is 9.59 Å². The van der Waals surface area contributed by atoms with Crippen molar-refractivity contribution in [2.45, 2.75) is 44.9 Å². The van der Waals surface area contributed by atoms with Crippen molar-refractivity contribution in [3.05, 3.63) is 47.3 Å². The number of hydrogen-bond donors (Lipinski definition) is 2. The average Bonchev–Trinajstić information content (AvgIpc) is 2.78. The van der Waals surface area contributed by atoms with Crippen LogP contribution in [0.2, 0.25) is 0 Å². The molecule has 2 aliphatic rings. The van der Waals surface area contributed by atoms with Crippen molar-refractivity contribution < 1.29 is 18.8 Å². The number of allylic oxidation sites excluding steroid dienone is 1. The number of hydrogen-bond acceptors (Lipinski definition) is 3. The summed E-state index contributed by atoms with van der Waals surface area (Å²) in [4.78, 5) is 38.1. The molecule has 1 aliphatic heterocycles. The minimum atomic E-state index is -0.613. The molecule has 6 nitrogen and oxygen atoms in total. The maximum atomic E-state index is 13.8. The Bertz CT molecular complexity index is 801. The largest absolute Gasteiger partial charge is 0.348 e. The Kier molecular flexibility index (Phi) is 7.99. The van der Waals surface area contributed by atoms with Gasteiger partial charge >= 0.3 is 11.8 Å². The van der Waals surface area contributed by atoms with Crippen LogP contribution in [0.25, 0.3) is 0 Å². The highest BCUT2D eigenvalue weighted by Gasteiger charge is 2.26. The first-order valence-electron chi connectivity index (χ1n) is 10.8. The molecule has 3 rings (SSSR count). The molecule has 1 saturated heterocycles. The fourth-order valence-electron chi connectivity index (χ4n) is 4.01. The van der Waals surface area contributed by atoms with Crippen LogP contribution >= 0.6 is 0 Å². The summed E-state index contributed by atoms with van der Waals surface area (Å²) in [6, 6.07) is 5.99. The van der Waals surface area contributed by atoms with Crippen LogP contribution in [0, 0.1) is 11.7 Å². The number of nitrogens with zero attached hydrogens (tertiary/aromatic N) is 1. The van der Waals surface area contributed by atoms with E-state index < -0.39 is 17.6 Å². The quantitative estimate of drug-likeness (QED) is 0.554. The summed E-state index contributed by atoms with van der Waals surface area (Å²) in [5.74, 6) is -1.83. The van der Waals surface area contributed by atoms with Gasteiger partial charge in [0.25, 0.3) is 5.91 Å². The summed E-state index contributed by atoms with van der Waals surface area (Å²) < 4.78 is 13.8. The Balaban J connectivity index is 1.34. The highest BCUT2D eigenvalue weighted by molar-refractivity contribution is 6.35. The highest BCUT2D eigenvalue weighted by atomic mass is 19.1. The molecule has 1 fully saturated rings. The number of nitrogens with one attached hydrogen (secondary N) is 2. The van der Waals surface area contributed by atoms with Crippen molar-refractivity contribution in [2.75, 3.05) is 26.2 Å². The van der Waals surface area contributed by atoms with Gasteiger partial charge in [0.2, 0.25) is 0 Å². The molecule has 1 aliphatic carbocycles. The Morgan fingerprint density at radius 2 is 1.77 bits per heavy atom. The van der Waals surface area contributed by atoms with E-state index in [1.165, 1.54) is 30.5 Å². The molecule has 2 N–H and O–H groups in total. The van der Waals surface area contributed by atoms with E-state index in [1.54, 1.807) is 17.0 Å². The summed E-state index contributed by atoms with van der Waals surface area (Å²) in [5, 5.41) is 5.38. The molecular formula is C23H30FN3O3. The Hall–Kier alpha value is -2.70. The second-order valence-electron chi connectivity index (χ2n) is 8.04. The lowest BCUT2D eigenvalue weighted by Gasteiger charge is -2.32. The molecule has 1 heterocycles. The lowest BCUT2D eigenvalue weighted by Crippen LogP contribution is -2.45. The van der Waals surface area contributed by atoms with Gasteiger partial charge in [-0.2, -0.15) is 0 Å². The topological polar surface area (TPSA) is 78.5 Å². The van der Waals surface area contributed by atoms with E-state index in [1.807, 2.05) is 0 Å². The van der Waals surface area contributed by atoms with Gasteiger partial charge in [-0.05, 0) is 63.0 Å². The number of carbonyl (C=O) groups excluding carboxylic acids is 3. The Morgan fingerprint density at radius 3 is 2.47 bits per heavy atom. The van der Waals surface area contributed by atoms with E-state index in [0.29, 0.717) is 39.0 Å². The fraction of sp³-hybridized carbons (Fsp3) is 0.522. The zero-order valence-electron chi connectivity index (χ0n) is 17.3. The van der Waals surface area contributed by atoms with Crippen molar-refractivity contribution in [3.63, 3.8) is 0 Å². The van der Waals surface area contributed by atoms with Gasteiger partial charge in [0.1, 0.15) is 5.82 Å². The number of piperidine rings is 1. The van der Waals surface area contributed by atoms with Crippen molar-refractivity contribution in [3.8, 4) is 0 Å². The number of amides is 3. The van der Waals surface area contributed by atoms with Gasteiger partial charge in [-0.25, -0.2) is 4.39 Å². The molecule has 0 saturated carbocycles. The third-order valence-electron chi connectivity index (χ3n) is 5.88. The van der Waals surface area contributed by atoms with Crippen molar-refractivity contribution in [2.24, 2.45) is 5.92 Å². The minimum Gasteiger partial charge on any atom is -0.348 e. The van der Waals surface area contributed by atoms with Gasteiger partial charge in [0.15, 0.2) is 0 Å². The van der Waals surface area contributed by atoms with E-state index in [9.17, 15) is 18.8 Å². The molecule has 7 heteroatoms. The maximum absolute atomic E-state index is 13.8. The van der Waals surface area contributed by atoms with E-state index >= 15 is 0 Å². The molecule has 3 amide bonds. The third-order valence-corrected chi connectivity index (χ3v) is 5.88. The normalized spacial score (nSPS) is 17.2. The monoisotopic (exact) mass is 415 g/mol. The predicted molar refractivity (Wildman–Crippen MR) is 112 cm³/mol. The molecule has 0 spiro atoms. The Labute approximate surface area is 176 Å². The summed E-state index contributed by atoms with van der Waals surface area (Å²) in [6.07, 6.45) is 9.06. The number of benzene rings is 1. The molecule has 0 atom stereocenters. The fourth-order valence-corrected chi connectivity index (χ4v) is 4.01. The van der Waals surface area contributed by atoms with Gasteiger partial charge in [-0.1, -0.05) is 23.8 Å². The summed E-state index contributed by atoms with van der Waals surface area (Å²) in [6.45, 7) is 1.90. The van der Waals surface area contributed by atoms with Crippen LogP contribution in [0.1, 0.15) is 55.3 Å². The first-order chi connectivity index (χ1) is 14.5. The average molecular weight is 416 g/mol. The number of carbonyl (C=O) groups is 3. The van der Waals surface area contributed by atoms with Gasteiger partial charge in [0, 0.05) is 26.2 Å². The maximum Gasteiger partial charge on any atom is 0.309 e. The summed E-state index contributed by atoms with van der Waals surface area (Å²) >= 11 is 0. The van der Waals surface area contributed by atoms with Gasteiger partial charge in [-0.15, -0.1) is 0 Å². The lowest BCUT2D eigenvalue weighted by molar-refractivity contribution is -0.139. The molecule has 0 radical (unpaired) electrons. The van der Waals surface area contributed by atoms with Crippen LogP contribution in [-0.4, -0.2) is 48.8 Å².